The van der Waals surface area contributed by atoms with Gasteiger partial charge in [-0.3, -0.25) is 4.79 Å². The van der Waals surface area contributed by atoms with Crippen LogP contribution < -0.4 is 23.7 Å². The molecule has 1 fully saturated rings. The molecule has 0 aliphatic carbocycles. The zero-order chi connectivity index (χ0) is 37.0. The van der Waals surface area contributed by atoms with Crippen molar-refractivity contribution in [2.45, 2.75) is 63.8 Å². The molecular weight excluding hydrogens is 660 g/mol. The number of carboxylic acids is 1. The summed E-state index contributed by atoms with van der Waals surface area (Å²) in [6.07, 6.45) is -9.15. The highest BCUT2D eigenvalue weighted by Crippen LogP contribution is 2.53. The van der Waals surface area contributed by atoms with Crippen LogP contribution in [0.1, 0.15) is 53.8 Å². The fourth-order valence-corrected chi connectivity index (χ4v) is 6.21. The lowest BCUT2D eigenvalue weighted by Crippen LogP contribution is -2.60. The monoisotopic (exact) mass is 702 g/mol. The number of benzene rings is 3. The molecule has 1 saturated heterocycles. The number of ketones is 1. The quantitative estimate of drug-likeness (QED) is 0.120. The first-order valence-electron chi connectivity index (χ1n) is 15.8. The Morgan fingerprint density at radius 3 is 1.98 bits per heavy atom. The van der Waals surface area contributed by atoms with Crippen LogP contribution >= 0.6 is 0 Å². The molecule has 272 valence electrons. The predicted molar refractivity (Wildman–Crippen MR) is 177 cm³/mol. The normalized spacial score (nSPS) is 20.9. The van der Waals surface area contributed by atoms with E-state index in [0.29, 0.717) is 25.0 Å². The van der Waals surface area contributed by atoms with Crippen LogP contribution in [0.3, 0.4) is 0 Å². The van der Waals surface area contributed by atoms with Gasteiger partial charge in [-0.15, -0.1) is 0 Å². The van der Waals surface area contributed by atoms with Crippen LogP contribution in [-0.4, -0.2) is 110 Å². The third-order valence-corrected chi connectivity index (χ3v) is 8.73. The Hall–Kier alpha value is -4.83. The highest BCUT2D eigenvalue weighted by Gasteiger charge is 2.49. The molecule has 6 atom stereocenters. The number of esters is 1. The third kappa shape index (κ3) is 6.68. The average molecular weight is 703 g/mol. The first kappa shape index (κ1) is 38.0. The molecule has 15 heteroatoms. The maximum Gasteiger partial charge on any atom is 0.342 e. The second-order valence-electron chi connectivity index (χ2n) is 11.5. The Bertz CT molecular complexity index is 1750. The molecule has 0 amide bonds. The number of phenolic OH excluding ortho intramolecular Hbond substituents is 1. The molecule has 1 aliphatic rings. The molecule has 0 bridgehead atoms. The van der Waals surface area contributed by atoms with E-state index in [0.717, 1.165) is 0 Å². The van der Waals surface area contributed by atoms with Gasteiger partial charge < -0.3 is 58.7 Å². The van der Waals surface area contributed by atoms with E-state index in [-0.39, 0.29) is 44.9 Å². The highest BCUT2D eigenvalue weighted by molar-refractivity contribution is 6.22. The van der Waals surface area contributed by atoms with Crippen LogP contribution in [0.15, 0.2) is 24.3 Å². The largest absolute Gasteiger partial charge is 0.507 e. The van der Waals surface area contributed by atoms with E-state index >= 15 is 0 Å². The number of phenols is 1. The number of hydrogen-bond acceptors (Lipinski definition) is 14. The molecule has 0 radical (unpaired) electrons. The van der Waals surface area contributed by atoms with Crippen molar-refractivity contribution in [2.75, 3.05) is 35.5 Å². The van der Waals surface area contributed by atoms with Gasteiger partial charge in [0.25, 0.3) is 0 Å². The fraction of sp³-hybridized carbons (Fsp3) is 0.457. The second kappa shape index (κ2) is 15.8. The van der Waals surface area contributed by atoms with E-state index in [4.69, 9.17) is 33.2 Å². The van der Waals surface area contributed by atoms with E-state index < -0.39 is 71.2 Å². The Morgan fingerprint density at radius 2 is 1.44 bits per heavy atom. The van der Waals surface area contributed by atoms with E-state index in [1.807, 2.05) is 6.92 Å². The number of carboxylic acid groups (broad SMARTS) is 1. The van der Waals surface area contributed by atoms with E-state index in [2.05, 4.69) is 0 Å². The number of methoxy groups -OCH3 is 5. The second-order valence-corrected chi connectivity index (χ2v) is 11.5. The first-order valence-corrected chi connectivity index (χ1v) is 15.8. The molecule has 50 heavy (non-hydrogen) atoms. The van der Waals surface area contributed by atoms with Crippen LogP contribution in [0.25, 0.3) is 21.9 Å². The Balaban J connectivity index is 2.20. The number of carbonyl (C=O) groups excluding carboxylic acids is 2. The van der Waals surface area contributed by atoms with Crippen molar-refractivity contribution in [1.29, 1.82) is 0 Å². The van der Waals surface area contributed by atoms with Gasteiger partial charge in [0.1, 0.15) is 24.1 Å². The van der Waals surface area contributed by atoms with Crippen LogP contribution in [0, 0.1) is 5.92 Å². The van der Waals surface area contributed by atoms with Gasteiger partial charge >= 0.3 is 11.9 Å². The number of rotatable bonds is 14. The van der Waals surface area contributed by atoms with Gasteiger partial charge in [0, 0.05) is 22.3 Å². The number of fused-ring (bicyclic) bond motifs is 1. The van der Waals surface area contributed by atoms with Gasteiger partial charge in [0.2, 0.25) is 12.0 Å². The maximum absolute atomic E-state index is 14.5. The Morgan fingerprint density at radius 1 is 0.800 bits per heavy atom. The van der Waals surface area contributed by atoms with Crippen LogP contribution in [0.5, 0.6) is 34.5 Å². The smallest absolute Gasteiger partial charge is 0.342 e. The summed E-state index contributed by atoms with van der Waals surface area (Å²) in [6.45, 7) is 3.66. The van der Waals surface area contributed by atoms with Crippen LogP contribution in [0.2, 0.25) is 0 Å². The molecule has 0 spiro atoms. The van der Waals surface area contributed by atoms with Crippen molar-refractivity contribution in [1.82, 2.24) is 0 Å². The molecule has 3 aromatic rings. The minimum absolute atomic E-state index is 0.00554. The SMILES string of the molecule is CCCC(CC)C(=O)c1c(C(=O)O[C@@H]2O[C@H](C(=O)O)[C@@H](O)[C@H](O)[C@H]2O)c(-c2ccc(OC)c(OC)c2)c2c(OC)c(OC)c(OC)cc2c1O. The number of carbonyl (C=O) groups is 3. The molecule has 15 nitrogen and oxygen atoms in total. The minimum atomic E-state index is -2.13. The zero-order valence-corrected chi connectivity index (χ0v) is 28.7. The summed E-state index contributed by atoms with van der Waals surface area (Å²) in [7, 11) is 6.87. The topological polar surface area (TPSA) is 217 Å². The first-order chi connectivity index (χ1) is 23.8. The van der Waals surface area contributed by atoms with Gasteiger partial charge in [0.15, 0.2) is 34.9 Å². The van der Waals surface area contributed by atoms with Crippen molar-refractivity contribution < 1.29 is 73.1 Å². The number of Topliss-reactive ketones (excluding diaryl/α,β-unsaturated/α-hetero) is 1. The summed E-state index contributed by atoms with van der Waals surface area (Å²) in [5, 5.41) is 53.0. The van der Waals surface area contributed by atoms with E-state index in [9.17, 15) is 39.9 Å². The van der Waals surface area contributed by atoms with Gasteiger partial charge in [-0.05, 0) is 36.6 Å². The number of aromatic hydroxyl groups is 1. The molecular formula is C35H42O15. The van der Waals surface area contributed by atoms with Crippen LogP contribution in [-0.2, 0) is 14.3 Å². The standard InChI is InChI=1S/C35H42O15/c1-8-10-15(9-2)25(36)24-23(34(43)50-35-29(40)27(38)28(39)32(49-35)33(41)42)21(16-11-12-18(44-3)19(13-16)45-4)22-17(26(24)37)14-20(46-5)30(47-6)31(22)48-7/h11-15,27-29,32,35,37-40H,8-10H2,1-7H3,(H,41,42)/t15?,27-,28-,29+,32-,35-/m0/s1. The highest BCUT2D eigenvalue weighted by atomic mass is 16.7. The molecule has 3 aromatic carbocycles. The van der Waals surface area contributed by atoms with E-state index in [1.165, 1.54) is 47.7 Å². The van der Waals surface area contributed by atoms with Gasteiger partial charge in [-0.25, -0.2) is 9.59 Å². The van der Waals surface area contributed by atoms with E-state index in [1.54, 1.807) is 19.1 Å². The van der Waals surface area contributed by atoms with Crippen molar-refractivity contribution in [3.63, 3.8) is 0 Å². The average Bonchev–Trinajstić information content (AvgIpc) is 3.12. The lowest BCUT2D eigenvalue weighted by Gasteiger charge is -2.38. The number of hydrogen-bond donors (Lipinski definition) is 5. The van der Waals surface area contributed by atoms with Gasteiger partial charge in [-0.1, -0.05) is 26.3 Å². The minimum Gasteiger partial charge on any atom is -0.507 e. The summed E-state index contributed by atoms with van der Waals surface area (Å²) in [5.41, 5.74) is -0.721. The fourth-order valence-electron chi connectivity index (χ4n) is 6.21. The molecule has 0 saturated carbocycles. The molecule has 1 aliphatic heterocycles. The van der Waals surface area contributed by atoms with Crippen LogP contribution in [0.4, 0.5) is 0 Å². The lowest BCUT2D eigenvalue weighted by molar-refractivity contribution is -0.278. The third-order valence-electron chi connectivity index (χ3n) is 8.73. The van der Waals surface area contributed by atoms with Crippen molar-refractivity contribution >= 4 is 28.5 Å². The maximum atomic E-state index is 14.5. The molecule has 0 aromatic heterocycles. The summed E-state index contributed by atoms with van der Waals surface area (Å²) >= 11 is 0. The Kier molecular flexibility index (Phi) is 12.0. The summed E-state index contributed by atoms with van der Waals surface area (Å²) in [5.74, 6) is -4.21. The number of aliphatic hydroxyl groups is 3. The summed E-state index contributed by atoms with van der Waals surface area (Å²) in [6, 6.07) is 6.05. The van der Waals surface area contributed by atoms with Gasteiger partial charge in [0.05, 0.1) is 46.7 Å². The molecule has 5 N–H and O–H groups in total. The summed E-state index contributed by atoms with van der Waals surface area (Å²) < 4.78 is 38.7. The molecule has 1 heterocycles. The van der Waals surface area contributed by atoms with Crippen molar-refractivity contribution in [2.24, 2.45) is 5.92 Å². The number of aliphatic carboxylic acids is 1. The number of ether oxygens (including phenoxy) is 7. The zero-order valence-electron chi connectivity index (χ0n) is 28.7. The van der Waals surface area contributed by atoms with Crippen molar-refractivity contribution in [3.8, 4) is 45.6 Å². The summed E-state index contributed by atoms with van der Waals surface area (Å²) in [4.78, 5) is 40.8. The molecule has 1 unspecified atom stereocenters. The van der Waals surface area contributed by atoms with Gasteiger partial charge in [-0.2, -0.15) is 0 Å². The predicted octanol–water partition coefficient (Wildman–Crippen LogP) is 3.31. The number of aliphatic hydroxyl groups excluding tert-OH is 3. The lowest BCUT2D eigenvalue weighted by atomic mass is 9.82. The Labute approximate surface area is 287 Å². The van der Waals surface area contributed by atoms with Crippen molar-refractivity contribution in [3.05, 3.63) is 35.4 Å². The molecule has 4 rings (SSSR count).